The Kier molecular flexibility index (Phi) is 7.61. The number of hydrogen-bond acceptors (Lipinski definition) is 3. The highest BCUT2D eigenvalue weighted by Crippen LogP contribution is 2.49. The minimum Gasteiger partial charge on any atom is -0.310 e. The van der Waals surface area contributed by atoms with E-state index in [9.17, 15) is 0 Å². The van der Waals surface area contributed by atoms with E-state index in [0.29, 0.717) is 0 Å². The minimum atomic E-state index is 1.12. The van der Waals surface area contributed by atoms with E-state index in [-0.39, 0.29) is 0 Å². The molecule has 0 atom stereocenters. The van der Waals surface area contributed by atoms with E-state index in [2.05, 4.69) is 205 Å². The summed E-state index contributed by atoms with van der Waals surface area (Å²) in [6.45, 7) is 0. The van der Waals surface area contributed by atoms with Crippen molar-refractivity contribution in [1.29, 1.82) is 0 Å². The van der Waals surface area contributed by atoms with E-state index in [4.69, 9.17) is 0 Å². The molecule has 2 heterocycles. The van der Waals surface area contributed by atoms with Crippen LogP contribution in [0.3, 0.4) is 0 Å². The van der Waals surface area contributed by atoms with Crippen molar-refractivity contribution in [3.8, 4) is 33.4 Å². The Hall–Kier alpha value is -6.52. The summed E-state index contributed by atoms with van der Waals surface area (Å²) in [5.74, 6) is 0. The average molecular weight is 736 g/mol. The molecule has 0 saturated carbocycles. The van der Waals surface area contributed by atoms with Gasteiger partial charge in [-0.2, -0.15) is 0 Å². The molecular weight excluding hydrogens is 703 g/mol. The normalized spacial score (nSPS) is 11.6. The van der Waals surface area contributed by atoms with Gasteiger partial charge in [-0.1, -0.05) is 146 Å². The second-order valence-electron chi connectivity index (χ2n) is 14.1. The van der Waals surface area contributed by atoms with Crippen molar-refractivity contribution >= 4 is 90.9 Å². The summed E-state index contributed by atoms with van der Waals surface area (Å²) in [4.78, 5) is 2.47. The minimum absolute atomic E-state index is 1.12. The molecule has 0 bridgehead atoms. The van der Waals surface area contributed by atoms with Gasteiger partial charge in [-0.3, -0.25) is 0 Å². The molecule has 55 heavy (non-hydrogen) atoms. The Labute approximate surface area is 327 Å². The van der Waals surface area contributed by atoms with Crippen LogP contribution in [-0.2, 0) is 0 Å². The van der Waals surface area contributed by atoms with Crippen molar-refractivity contribution in [3.63, 3.8) is 0 Å². The molecule has 0 N–H and O–H groups in total. The lowest BCUT2D eigenvalue weighted by Gasteiger charge is -2.27. The van der Waals surface area contributed by atoms with Gasteiger partial charge in [-0.15, -0.1) is 22.7 Å². The quantitative estimate of drug-likeness (QED) is 0.164. The van der Waals surface area contributed by atoms with Crippen molar-refractivity contribution in [3.05, 3.63) is 200 Å². The molecule has 0 radical (unpaired) electrons. The number of rotatable bonds is 6. The van der Waals surface area contributed by atoms with Gasteiger partial charge in [0.1, 0.15) is 0 Å². The molecule has 0 saturated heterocycles. The van der Waals surface area contributed by atoms with Crippen LogP contribution >= 0.6 is 22.7 Å². The Balaban J connectivity index is 1.12. The van der Waals surface area contributed by atoms with Gasteiger partial charge in [0.15, 0.2) is 0 Å². The monoisotopic (exact) mass is 735 g/mol. The van der Waals surface area contributed by atoms with Crippen LogP contribution in [0.4, 0.5) is 17.1 Å². The Morgan fingerprint density at radius 3 is 1.80 bits per heavy atom. The highest BCUT2D eigenvalue weighted by molar-refractivity contribution is 7.26. The van der Waals surface area contributed by atoms with Gasteiger partial charge in [-0.25, -0.2) is 0 Å². The van der Waals surface area contributed by atoms with Crippen LogP contribution in [0.15, 0.2) is 200 Å². The number of hydrogen-bond donors (Lipinski definition) is 0. The number of fused-ring (bicyclic) bond motifs is 7. The largest absolute Gasteiger partial charge is 0.310 e. The van der Waals surface area contributed by atoms with Crippen molar-refractivity contribution in [2.45, 2.75) is 0 Å². The summed E-state index contributed by atoms with van der Waals surface area (Å²) in [5.41, 5.74) is 10.9. The molecule has 1 nitrogen and oxygen atoms in total. The lowest BCUT2D eigenvalue weighted by atomic mass is 9.99. The fourth-order valence-corrected chi connectivity index (χ4v) is 10.5. The molecule has 0 fully saturated rings. The van der Waals surface area contributed by atoms with Gasteiger partial charge in [0, 0.05) is 51.7 Å². The van der Waals surface area contributed by atoms with Crippen LogP contribution in [-0.4, -0.2) is 0 Å². The van der Waals surface area contributed by atoms with Crippen molar-refractivity contribution in [2.75, 3.05) is 4.90 Å². The number of nitrogens with zero attached hydrogens (tertiary/aromatic N) is 1. The van der Waals surface area contributed by atoms with Gasteiger partial charge in [0.2, 0.25) is 0 Å². The molecule has 0 aliphatic rings. The maximum Gasteiger partial charge on any atom is 0.0555 e. The van der Waals surface area contributed by atoms with Crippen LogP contribution in [0, 0.1) is 0 Å². The van der Waals surface area contributed by atoms with E-state index in [1.807, 2.05) is 22.7 Å². The lowest BCUT2D eigenvalue weighted by Crippen LogP contribution is -2.10. The zero-order valence-corrected chi connectivity index (χ0v) is 31.4. The first kappa shape index (κ1) is 32.0. The first-order chi connectivity index (χ1) is 27.2. The first-order valence-electron chi connectivity index (χ1n) is 18.7. The predicted molar refractivity (Wildman–Crippen MR) is 241 cm³/mol. The van der Waals surface area contributed by atoms with Crippen LogP contribution in [0.5, 0.6) is 0 Å². The van der Waals surface area contributed by atoms with Crippen LogP contribution in [0.1, 0.15) is 0 Å². The standard InChI is InChI=1S/C52H33NS2/c1-3-11-34(12-4-1)40-23-27-44-46-33-42(26-30-49(46)54-50(44)32-40)53(41-24-21-36(22-25-41)39-20-19-35-13-7-8-16-38(35)31-39)47-29-28-43(37-14-5-2-6-15-37)52-51(47)45-17-9-10-18-48(45)55-52/h1-33H. The second-order valence-corrected chi connectivity index (χ2v) is 16.2. The van der Waals surface area contributed by atoms with E-state index < -0.39 is 0 Å². The Morgan fingerprint density at radius 2 is 0.964 bits per heavy atom. The smallest absolute Gasteiger partial charge is 0.0555 e. The average Bonchev–Trinajstić information content (AvgIpc) is 3.83. The third-order valence-corrected chi connectivity index (χ3v) is 13.2. The van der Waals surface area contributed by atoms with E-state index in [1.54, 1.807) is 0 Å². The Morgan fingerprint density at radius 1 is 0.327 bits per heavy atom. The molecule has 0 spiro atoms. The zero-order chi connectivity index (χ0) is 36.3. The molecule has 258 valence electrons. The van der Waals surface area contributed by atoms with E-state index in [0.717, 1.165) is 11.4 Å². The van der Waals surface area contributed by atoms with Crippen molar-refractivity contribution < 1.29 is 0 Å². The molecule has 0 aliphatic heterocycles. The van der Waals surface area contributed by atoms with Crippen LogP contribution in [0.25, 0.3) is 84.5 Å². The fourth-order valence-electron chi connectivity index (χ4n) is 8.16. The van der Waals surface area contributed by atoms with Crippen LogP contribution < -0.4 is 4.90 Å². The third kappa shape index (κ3) is 5.51. The maximum absolute atomic E-state index is 2.47. The highest BCUT2D eigenvalue weighted by atomic mass is 32.1. The summed E-state index contributed by atoms with van der Waals surface area (Å²) < 4.78 is 5.19. The Bertz CT molecular complexity index is 3190. The molecule has 11 rings (SSSR count). The summed E-state index contributed by atoms with van der Waals surface area (Å²) in [6, 6.07) is 73.4. The van der Waals surface area contributed by atoms with Crippen molar-refractivity contribution in [1.82, 2.24) is 0 Å². The second kappa shape index (κ2) is 13.1. The van der Waals surface area contributed by atoms with E-state index >= 15 is 0 Å². The topological polar surface area (TPSA) is 3.24 Å². The molecular formula is C52H33NS2. The zero-order valence-electron chi connectivity index (χ0n) is 29.8. The summed E-state index contributed by atoms with van der Waals surface area (Å²) in [5, 5.41) is 7.64. The molecule has 2 aromatic heterocycles. The van der Waals surface area contributed by atoms with Gasteiger partial charge >= 0.3 is 0 Å². The summed E-state index contributed by atoms with van der Waals surface area (Å²) in [7, 11) is 0. The van der Waals surface area contributed by atoms with Gasteiger partial charge in [0.05, 0.1) is 5.69 Å². The van der Waals surface area contributed by atoms with Gasteiger partial charge in [0.25, 0.3) is 0 Å². The molecule has 3 heteroatoms. The highest BCUT2D eigenvalue weighted by Gasteiger charge is 2.22. The van der Waals surface area contributed by atoms with Crippen molar-refractivity contribution in [2.24, 2.45) is 0 Å². The molecule has 9 aromatic carbocycles. The number of anilines is 3. The first-order valence-corrected chi connectivity index (χ1v) is 20.3. The van der Waals surface area contributed by atoms with Crippen LogP contribution in [0.2, 0.25) is 0 Å². The molecule has 0 aliphatic carbocycles. The molecule has 0 unspecified atom stereocenters. The summed E-state index contributed by atoms with van der Waals surface area (Å²) in [6.07, 6.45) is 0. The molecule has 0 amide bonds. The predicted octanol–water partition coefficient (Wildman–Crippen LogP) is 16.0. The SMILES string of the molecule is c1ccc(-c2ccc3c(c2)sc2ccc(N(c4ccc(-c5ccc6ccccc6c5)cc4)c4ccc(-c5ccccc5)c5sc6ccccc6c45)cc23)cc1. The third-order valence-electron chi connectivity index (χ3n) is 10.9. The number of thiophene rings is 2. The number of benzene rings is 9. The van der Waals surface area contributed by atoms with E-state index in [1.165, 1.54) is 90.2 Å². The van der Waals surface area contributed by atoms with Gasteiger partial charge in [-0.05, 0) is 98.8 Å². The maximum atomic E-state index is 2.47. The lowest BCUT2D eigenvalue weighted by molar-refractivity contribution is 1.31. The fraction of sp³-hybridized carbons (Fsp3) is 0. The molecule has 11 aromatic rings. The summed E-state index contributed by atoms with van der Waals surface area (Å²) >= 11 is 3.76. The van der Waals surface area contributed by atoms with Gasteiger partial charge < -0.3 is 4.90 Å².